The van der Waals surface area contributed by atoms with Gasteiger partial charge in [-0.05, 0) is 13.8 Å². The van der Waals surface area contributed by atoms with Crippen molar-refractivity contribution in [3.05, 3.63) is 11.8 Å². The number of hydrogen-bond acceptors (Lipinski definition) is 3. The number of hydrogen-bond donors (Lipinski definition) is 4. The fraction of sp³-hybridized carbons (Fsp3) is 0.500. The molecule has 0 aromatic heterocycles. The highest BCUT2D eigenvalue weighted by molar-refractivity contribution is 7.45. The van der Waals surface area contributed by atoms with Crippen LogP contribution in [0, 0.1) is 0 Å². The highest BCUT2D eigenvalue weighted by Gasteiger charge is 2.00. The summed E-state index contributed by atoms with van der Waals surface area (Å²) in [4.78, 5) is 31.6. The highest BCUT2D eigenvalue weighted by Crippen LogP contribution is 2.25. The van der Waals surface area contributed by atoms with E-state index in [0.29, 0.717) is 6.61 Å². The van der Waals surface area contributed by atoms with E-state index in [0.717, 1.165) is 0 Å². The molecule has 8 heteroatoms. The predicted molar refractivity (Wildman–Crippen MR) is 47.3 cm³/mol. The van der Waals surface area contributed by atoms with Crippen LogP contribution >= 0.6 is 7.82 Å². The van der Waals surface area contributed by atoms with Crippen LogP contribution in [0.1, 0.15) is 13.8 Å². The Morgan fingerprint density at radius 3 is 2.00 bits per heavy atom. The van der Waals surface area contributed by atoms with Crippen molar-refractivity contribution in [2.45, 2.75) is 13.8 Å². The minimum atomic E-state index is -4.64. The monoisotopic (exact) mass is 228 g/mol. The van der Waals surface area contributed by atoms with E-state index in [9.17, 15) is 4.79 Å². The summed E-state index contributed by atoms with van der Waals surface area (Å²) >= 11 is 0. The minimum Gasteiger partial charge on any atom is -0.501 e. The van der Waals surface area contributed by atoms with E-state index >= 15 is 0 Å². The molecule has 0 saturated carbocycles. The van der Waals surface area contributed by atoms with Crippen molar-refractivity contribution in [2.75, 3.05) is 6.61 Å². The third-order valence-corrected chi connectivity index (χ3v) is 0.764. The molecule has 4 N–H and O–H groups in total. The number of ether oxygens (including phenoxy) is 1. The van der Waals surface area contributed by atoms with Crippen molar-refractivity contribution >= 4 is 13.8 Å². The highest BCUT2D eigenvalue weighted by atomic mass is 31.2. The van der Waals surface area contributed by atoms with Crippen molar-refractivity contribution in [3.8, 4) is 0 Å². The van der Waals surface area contributed by atoms with E-state index in [1.54, 1.807) is 6.92 Å². The third kappa shape index (κ3) is 22.5. The van der Waals surface area contributed by atoms with Gasteiger partial charge in [0.05, 0.1) is 18.4 Å². The molecule has 0 amide bonds. The van der Waals surface area contributed by atoms with Gasteiger partial charge in [0.2, 0.25) is 0 Å². The maximum atomic E-state index is 10.1. The lowest BCUT2D eigenvalue weighted by Gasteiger charge is -1.93. The lowest BCUT2D eigenvalue weighted by molar-refractivity contribution is -0.132. The quantitative estimate of drug-likeness (QED) is 0.306. The summed E-state index contributed by atoms with van der Waals surface area (Å²) in [7, 11) is -4.64. The van der Waals surface area contributed by atoms with Crippen molar-refractivity contribution in [3.63, 3.8) is 0 Å². The molecule has 0 aromatic rings. The van der Waals surface area contributed by atoms with E-state index in [4.69, 9.17) is 29.1 Å². The molecule has 0 aromatic carbocycles. The maximum absolute atomic E-state index is 10.1. The molecule has 7 nitrogen and oxygen atoms in total. The number of carbonyl (C=O) groups is 1. The Bertz CT molecular complexity index is 232. The summed E-state index contributed by atoms with van der Waals surface area (Å²) in [5, 5.41) is 8.26. The van der Waals surface area contributed by atoms with Gasteiger partial charge in [0.15, 0.2) is 0 Å². The molecule has 0 spiro atoms. The Morgan fingerprint density at radius 1 is 1.43 bits per heavy atom. The van der Waals surface area contributed by atoms with Gasteiger partial charge in [-0.3, -0.25) is 0 Å². The molecule has 14 heavy (non-hydrogen) atoms. The molecule has 0 radical (unpaired) electrons. The summed E-state index contributed by atoms with van der Waals surface area (Å²) in [6.45, 7) is 3.79. The van der Waals surface area contributed by atoms with Crippen LogP contribution in [0.25, 0.3) is 0 Å². The lowest BCUT2D eigenvalue weighted by atomic mass is 10.3. The smallest absolute Gasteiger partial charge is 0.466 e. The lowest BCUT2D eigenvalue weighted by Crippen LogP contribution is -1.96. The van der Waals surface area contributed by atoms with Crippen LogP contribution < -0.4 is 0 Å². The van der Waals surface area contributed by atoms with Crippen LogP contribution in [-0.4, -0.2) is 32.4 Å². The minimum absolute atomic E-state index is 0.219. The third-order valence-electron chi connectivity index (χ3n) is 0.764. The van der Waals surface area contributed by atoms with Gasteiger partial charge in [-0.15, -0.1) is 0 Å². The first-order valence-corrected chi connectivity index (χ1v) is 5.05. The molecule has 0 atom stereocenters. The molecule has 0 saturated heterocycles. The molecule has 0 bridgehead atoms. The molecule has 0 aliphatic rings. The number of aliphatic carboxylic acids is 1. The number of rotatable bonds is 3. The van der Waals surface area contributed by atoms with Gasteiger partial charge in [0, 0.05) is 0 Å². The van der Waals surface area contributed by atoms with Crippen molar-refractivity contribution in [1.29, 1.82) is 0 Å². The van der Waals surface area contributed by atoms with Gasteiger partial charge >= 0.3 is 13.8 Å². The van der Waals surface area contributed by atoms with Crippen LogP contribution in [0.4, 0.5) is 0 Å². The van der Waals surface area contributed by atoms with Crippen LogP contribution in [-0.2, 0) is 14.1 Å². The van der Waals surface area contributed by atoms with Crippen molar-refractivity contribution in [2.24, 2.45) is 0 Å². The first-order chi connectivity index (χ1) is 6.18. The molecular weight excluding hydrogens is 215 g/mol. The molecule has 0 unspecified atom stereocenters. The number of carboxylic acid groups (broad SMARTS) is 1. The summed E-state index contributed by atoms with van der Waals surface area (Å²) in [5.74, 6) is -0.941. The largest absolute Gasteiger partial charge is 0.501 e. The second kappa shape index (κ2) is 7.52. The number of phosphoric acid groups is 1. The van der Waals surface area contributed by atoms with Crippen LogP contribution in [0.5, 0.6) is 0 Å². The topological polar surface area (TPSA) is 124 Å². The van der Waals surface area contributed by atoms with E-state index < -0.39 is 13.8 Å². The van der Waals surface area contributed by atoms with Crippen LogP contribution in [0.3, 0.4) is 0 Å². The van der Waals surface area contributed by atoms with E-state index in [-0.39, 0.29) is 5.57 Å². The average molecular weight is 228 g/mol. The van der Waals surface area contributed by atoms with Crippen LogP contribution in [0.2, 0.25) is 0 Å². The van der Waals surface area contributed by atoms with Gasteiger partial charge < -0.3 is 24.5 Å². The van der Waals surface area contributed by atoms with E-state index in [1.807, 2.05) is 0 Å². The van der Waals surface area contributed by atoms with Gasteiger partial charge in [-0.1, -0.05) is 0 Å². The van der Waals surface area contributed by atoms with Crippen molar-refractivity contribution in [1.82, 2.24) is 0 Å². The zero-order valence-corrected chi connectivity index (χ0v) is 8.64. The second-order valence-electron chi connectivity index (χ2n) is 2.07. The van der Waals surface area contributed by atoms with Crippen LogP contribution in [0.15, 0.2) is 11.8 Å². The summed E-state index contributed by atoms with van der Waals surface area (Å²) in [6.07, 6.45) is 1.24. The Hall–Kier alpha value is -0.880. The second-order valence-corrected chi connectivity index (χ2v) is 3.10. The SMILES string of the molecule is CCOC=C(C)C(=O)O.O=P(O)(O)O. The standard InChI is InChI=1S/C6H10O3.H3O4P/c1-3-9-4-5(2)6(7)8;1-5(2,3)4/h4H,3H2,1-2H3,(H,7,8);(H3,1,2,3,4). The van der Waals surface area contributed by atoms with Gasteiger partial charge in [0.1, 0.15) is 0 Å². The summed E-state index contributed by atoms with van der Waals surface area (Å²) in [6, 6.07) is 0. The first kappa shape index (κ1) is 15.6. The summed E-state index contributed by atoms with van der Waals surface area (Å²) < 4.78 is 13.6. The Kier molecular flexibility index (Phi) is 8.37. The van der Waals surface area contributed by atoms with Gasteiger partial charge in [0.25, 0.3) is 0 Å². The molecule has 84 valence electrons. The average Bonchev–Trinajstić information content (AvgIpc) is 1.96. The Balaban J connectivity index is 0. The number of carboxylic acids is 1. The molecule has 0 rings (SSSR count). The van der Waals surface area contributed by atoms with Gasteiger partial charge in [-0.25, -0.2) is 9.36 Å². The summed E-state index contributed by atoms with van der Waals surface area (Å²) in [5.41, 5.74) is 0.219. The zero-order chi connectivity index (χ0) is 11.8. The first-order valence-electron chi connectivity index (χ1n) is 3.48. The fourth-order valence-electron chi connectivity index (χ4n) is 0.259. The Morgan fingerprint density at radius 2 is 1.79 bits per heavy atom. The van der Waals surface area contributed by atoms with Gasteiger partial charge in [-0.2, -0.15) is 0 Å². The normalized spacial score (nSPS) is 11.4. The molecule has 0 fully saturated rings. The van der Waals surface area contributed by atoms with Crippen molar-refractivity contribution < 1.29 is 33.9 Å². The molecule has 0 aliphatic heterocycles. The molecule has 0 aliphatic carbocycles. The van der Waals surface area contributed by atoms with E-state index in [2.05, 4.69) is 0 Å². The molecular formula is C6H13O7P. The predicted octanol–water partition coefficient (Wildman–Crippen LogP) is 0.0827. The molecule has 0 heterocycles. The zero-order valence-electron chi connectivity index (χ0n) is 7.75. The maximum Gasteiger partial charge on any atom is 0.466 e. The Labute approximate surface area is 80.9 Å². The van der Waals surface area contributed by atoms with E-state index in [1.165, 1.54) is 13.2 Å². The fourth-order valence-corrected chi connectivity index (χ4v) is 0.259.